The molecule has 1 aliphatic heterocycles. The van der Waals surface area contributed by atoms with E-state index in [0.717, 1.165) is 21.2 Å². The van der Waals surface area contributed by atoms with Gasteiger partial charge in [-0.2, -0.15) is 0 Å². The summed E-state index contributed by atoms with van der Waals surface area (Å²) in [6.45, 7) is 3.22. The van der Waals surface area contributed by atoms with Crippen LogP contribution in [-0.2, 0) is 9.59 Å². The molecule has 0 atom stereocenters. The summed E-state index contributed by atoms with van der Waals surface area (Å²) < 4.78 is 0. The zero-order valence-electron chi connectivity index (χ0n) is 18.0. The van der Waals surface area contributed by atoms with E-state index in [9.17, 15) is 19.5 Å². The van der Waals surface area contributed by atoms with Gasteiger partial charge in [0.15, 0.2) is 0 Å². The van der Waals surface area contributed by atoms with Crippen molar-refractivity contribution in [2.45, 2.75) is 23.6 Å². The summed E-state index contributed by atoms with van der Waals surface area (Å²) in [5.41, 5.74) is 3.88. The molecule has 3 aromatic carbocycles. The average molecular weight is 463 g/mol. The first-order chi connectivity index (χ1) is 15.8. The van der Waals surface area contributed by atoms with E-state index in [1.54, 1.807) is 24.3 Å². The molecule has 4 rings (SSSR count). The molecule has 0 aromatic heterocycles. The zero-order chi connectivity index (χ0) is 23.5. The monoisotopic (exact) mass is 462 g/mol. The Kier molecular flexibility index (Phi) is 6.23. The third kappa shape index (κ3) is 4.93. The van der Waals surface area contributed by atoms with Crippen LogP contribution in [-0.4, -0.2) is 29.6 Å². The molecule has 0 radical (unpaired) electrons. The quantitative estimate of drug-likeness (QED) is 0.409. The van der Waals surface area contributed by atoms with Gasteiger partial charge >= 0.3 is 5.97 Å². The molecule has 3 aromatic rings. The summed E-state index contributed by atoms with van der Waals surface area (Å²) in [6, 6.07) is 18.0. The van der Waals surface area contributed by atoms with E-state index in [4.69, 9.17) is 0 Å². The fourth-order valence-electron chi connectivity index (χ4n) is 3.61. The number of nitrogens with one attached hydrogen (secondary N) is 3. The number of hydrogen-bond donors (Lipinski definition) is 4. The van der Waals surface area contributed by atoms with Gasteiger partial charge in [-0.3, -0.25) is 9.59 Å². The molecule has 8 nitrogen and oxygen atoms in total. The number of carbonyl (C=O) groups excluding carboxylic acids is 2. The van der Waals surface area contributed by atoms with Crippen molar-refractivity contribution in [3.63, 3.8) is 0 Å². The highest BCUT2D eigenvalue weighted by Gasteiger charge is 2.25. The van der Waals surface area contributed by atoms with Gasteiger partial charge in [0.05, 0.1) is 29.3 Å². The summed E-state index contributed by atoms with van der Waals surface area (Å²) >= 11 is 1.53. The van der Waals surface area contributed by atoms with Gasteiger partial charge in [-0.1, -0.05) is 23.9 Å². The van der Waals surface area contributed by atoms with Crippen molar-refractivity contribution in [3.8, 4) is 0 Å². The van der Waals surface area contributed by atoms with Crippen molar-refractivity contribution in [1.29, 1.82) is 0 Å². The Bertz CT molecular complexity index is 1200. The Morgan fingerprint density at radius 2 is 1.39 bits per heavy atom. The Morgan fingerprint density at radius 1 is 0.848 bits per heavy atom. The molecule has 1 aliphatic rings. The molecule has 33 heavy (non-hydrogen) atoms. The Hall–Kier alpha value is -3.98. The minimum absolute atomic E-state index is 0.159. The van der Waals surface area contributed by atoms with Crippen molar-refractivity contribution < 1.29 is 19.5 Å². The van der Waals surface area contributed by atoms with E-state index in [2.05, 4.69) is 16.0 Å². The number of benzene rings is 3. The molecule has 4 N–H and O–H groups in total. The van der Waals surface area contributed by atoms with Crippen molar-refractivity contribution in [3.05, 3.63) is 66.2 Å². The molecular weight excluding hydrogens is 440 g/mol. The summed E-state index contributed by atoms with van der Waals surface area (Å²) in [5.74, 6) is -1.33. The topological polar surface area (TPSA) is 111 Å². The number of fused-ring (bicyclic) bond motifs is 2. The molecule has 0 spiro atoms. The van der Waals surface area contributed by atoms with Crippen LogP contribution in [0.2, 0.25) is 0 Å². The number of carboxylic acid groups (broad SMARTS) is 1. The first kappa shape index (κ1) is 22.2. The predicted molar refractivity (Wildman–Crippen MR) is 130 cm³/mol. The lowest BCUT2D eigenvalue weighted by Crippen LogP contribution is -2.27. The van der Waals surface area contributed by atoms with Crippen molar-refractivity contribution >= 4 is 58.0 Å². The zero-order valence-corrected chi connectivity index (χ0v) is 18.8. The predicted octanol–water partition coefficient (Wildman–Crippen LogP) is 4.97. The molecule has 0 bridgehead atoms. The largest absolute Gasteiger partial charge is 0.478 e. The molecule has 0 aliphatic carbocycles. The van der Waals surface area contributed by atoms with Gasteiger partial charge in [0.1, 0.15) is 0 Å². The number of nitrogens with zero attached hydrogens (tertiary/aromatic N) is 1. The fourth-order valence-corrected chi connectivity index (χ4v) is 4.78. The third-order valence-corrected chi connectivity index (χ3v) is 6.04. The minimum Gasteiger partial charge on any atom is -0.478 e. The van der Waals surface area contributed by atoms with Crippen LogP contribution in [0.3, 0.4) is 0 Å². The van der Waals surface area contributed by atoms with Gasteiger partial charge in [-0.05, 0) is 48.5 Å². The molecule has 0 saturated heterocycles. The van der Waals surface area contributed by atoms with E-state index < -0.39 is 5.97 Å². The van der Waals surface area contributed by atoms with Crippen LogP contribution in [0.25, 0.3) is 0 Å². The number of rotatable bonds is 6. The molecule has 168 valence electrons. The van der Waals surface area contributed by atoms with Crippen LogP contribution >= 0.6 is 11.8 Å². The number of amides is 2. The third-order valence-electron chi connectivity index (χ3n) is 4.95. The lowest BCUT2D eigenvalue weighted by molar-refractivity contribution is -0.115. The molecule has 9 heteroatoms. The second kappa shape index (κ2) is 9.25. The molecular formula is C24H22N4O4S. The normalized spacial score (nSPS) is 11.8. The van der Waals surface area contributed by atoms with Crippen LogP contribution < -0.4 is 20.9 Å². The molecule has 0 fully saturated rings. The van der Waals surface area contributed by atoms with E-state index in [-0.39, 0.29) is 17.4 Å². The van der Waals surface area contributed by atoms with Crippen LogP contribution in [0.1, 0.15) is 24.2 Å². The van der Waals surface area contributed by atoms with E-state index in [1.807, 2.05) is 41.3 Å². The van der Waals surface area contributed by atoms with Crippen molar-refractivity contribution in [1.82, 2.24) is 0 Å². The summed E-state index contributed by atoms with van der Waals surface area (Å²) in [4.78, 5) is 38.5. The van der Waals surface area contributed by atoms with Gasteiger partial charge in [0.2, 0.25) is 11.8 Å². The number of carbonyl (C=O) groups is 3. The maximum absolute atomic E-state index is 11.6. The highest BCUT2D eigenvalue weighted by molar-refractivity contribution is 7.99. The van der Waals surface area contributed by atoms with Crippen LogP contribution in [0.15, 0.2) is 70.5 Å². The van der Waals surface area contributed by atoms with Crippen LogP contribution in [0, 0.1) is 0 Å². The lowest BCUT2D eigenvalue weighted by Gasteiger charge is -2.33. The lowest BCUT2D eigenvalue weighted by atomic mass is 10.1. The number of hydrogen-bond acceptors (Lipinski definition) is 6. The number of anilines is 5. The molecule has 0 unspecified atom stereocenters. The number of aromatic carboxylic acids is 1. The first-order valence-electron chi connectivity index (χ1n) is 10.2. The highest BCUT2D eigenvalue weighted by Crippen LogP contribution is 2.49. The second-order valence-electron chi connectivity index (χ2n) is 7.44. The average Bonchev–Trinajstić information content (AvgIpc) is 2.75. The maximum atomic E-state index is 11.6. The van der Waals surface area contributed by atoms with Gasteiger partial charge in [0, 0.05) is 35.0 Å². The fraction of sp³-hybridized carbons (Fsp3) is 0.125. The minimum atomic E-state index is -1.01. The van der Waals surface area contributed by atoms with Gasteiger partial charge < -0.3 is 26.0 Å². The SMILES string of the molecule is CC(=O)Nc1ccc2c(c1)Sc1cc(NC(C)=O)ccc1N2CNc1ccccc1C(=O)O. The van der Waals surface area contributed by atoms with E-state index in [1.165, 1.54) is 25.6 Å². The Labute approximate surface area is 195 Å². The summed E-state index contributed by atoms with van der Waals surface area (Å²) in [7, 11) is 0. The Balaban J connectivity index is 1.72. The van der Waals surface area contributed by atoms with Crippen LogP contribution in [0.5, 0.6) is 0 Å². The first-order valence-corrected chi connectivity index (χ1v) is 11.0. The standard InChI is InChI=1S/C24H22N4O4S/c1-14(29)26-16-7-9-20-22(11-16)33-23-12-17(27-15(2)30)8-10-21(23)28(20)13-25-19-6-4-3-5-18(19)24(31)32/h3-12,25H,13H2,1-2H3,(H,26,29)(H,27,30)(H,31,32). The second-order valence-corrected chi connectivity index (χ2v) is 8.53. The molecule has 1 heterocycles. The highest BCUT2D eigenvalue weighted by atomic mass is 32.2. The number of carboxylic acids is 1. The van der Waals surface area contributed by atoms with Crippen molar-refractivity contribution in [2.75, 3.05) is 27.5 Å². The smallest absolute Gasteiger partial charge is 0.337 e. The number of para-hydroxylation sites is 1. The van der Waals surface area contributed by atoms with Gasteiger partial charge in [0.25, 0.3) is 0 Å². The van der Waals surface area contributed by atoms with Gasteiger partial charge in [-0.15, -0.1) is 0 Å². The molecule has 0 saturated carbocycles. The van der Waals surface area contributed by atoms with E-state index >= 15 is 0 Å². The van der Waals surface area contributed by atoms with Crippen LogP contribution in [0.4, 0.5) is 28.4 Å². The Morgan fingerprint density at radius 3 is 1.91 bits per heavy atom. The van der Waals surface area contributed by atoms with Gasteiger partial charge in [-0.25, -0.2) is 4.79 Å². The maximum Gasteiger partial charge on any atom is 0.337 e. The molecule has 2 amide bonds. The van der Waals surface area contributed by atoms with E-state index in [0.29, 0.717) is 23.7 Å². The summed E-state index contributed by atoms with van der Waals surface area (Å²) in [5, 5.41) is 18.3. The summed E-state index contributed by atoms with van der Waals surface area (Å²) in [6.07, 6.45) is 0. The van der Waals surface area contributed by atoms with Crippen molar-refractivity contribution in [2.24, 2.45) is 0 Å².